The molecule has 0 unspecified atom stereocenters. The molecule has 1 fully saturated rings. The molecule has 4 N–H and O–H groups in total. The van der Waals surface area contributed by atoms with E-state index >= 15 is 0 Å². The van der Waals surface area contributed by atoms with Gasteiger partial charge >= 0.3 is 0 Å². The van der Waals surface area contributed by atoms with Gasteiger partial charge in [-0.1, -0.05) is 24.3 Å². The molecule has 0 spiro atoms. The molecule has 0 atom stereocenters. The molecule has 0 aliphatic heterocycles. The number of hydrogen-bond acceptors (Lipinski definition) is 4. The first kappa shape index (κ1) is 19.4. The van der Waals surface area contributed by atoms with Crippen LogP contribution in [0.1, 0.15) is 30.4 Å². The zero-order valence-corrected chi connectivity index (χ0v) is 16.0. The average molecular weight is 388 g/mol. The lowest BCUT2D eigenvalue weighted by Gasteiger charge is -2.08. The van der Waals surface area contributed by atoms with Crippen LogP contribution in [-0.4, -0.2) is 26.9 Å². The Morgan fingerprint density at radius 1 is 0.963 bits per heavy atom. The third-order valence-electron chi connectivity index (χ3n) is 4.49. The Morgan fingerprint density at radius 3 is 2.19 bits per heavy atom. The van der Waals surface area contributed by atoms with Crippen LogP contribution in [0.4, 0.5) is 5.69 Å². The maximum absolute atomic E-state index is 12.1. The molecule has 144 valence electrons. The molecule has 6 nitrogen and oxygen atoms in total. The van der Waals surface area contributed by atoms with Crippen molar-refractivity contribution >= 4 is 21.6 Å². The smallest absolute Gasteiger partial charge is 0.240 e. The van der Waals surface area contributed by atoms with Gasteiger partial charge in [-0.2, -0.15) is 0 Å². The van der Waals surface area contributed by atoms with Crippen molar-refractivity contribution in [2.75, 3.05) is 12.3 Å². The molecular weight excluding hydrogens is 362 g/mol. The maximum Gasteiger partial charge on any atom is 0.240 e. The van der Waals surface area contributed by atoms with Crippen molar-refractivity contribution in [3.8, 4) is 0 Å². The van der Waals surface area contributed by atoms with Crippen molar-refractivity contribution < 1.29 is 13.2 Å². The van der Waals surface area contributed by atoms with Gasteiger partial charge in [-0.05, 0) is 61.1 Å². The van der Waals surface area contributed by atoms with E-state index in [0.29, 0.717) is 19.4 Å². The van der Waals surface area contributed by atoms with E-state index in [9.17, 15) is 13.2 Å². The second-order valence-electron chi connectivity index (χ2n) is 6.88. The largest absolute Gasteiger partial charge is 0.399 e. The Hall–Kier alpha value is -2.38. The zero-order valence-electron chi connectivity index (χ0n) is 15.1. The topological polar surface area (TPSA) is 101 Å². The number of nitrogens with one attached hydrogen (secondary N) is 2. The second kappa shape index (κ2) is 8.54. The molecule has 0 bridgehead atoms. The quantitative estimate of drug-likeness (QED) is 0.573. The van der Waals surface area contributed by atoms with Crippen LogP contribution in [0.3, 0.4) is 0 Å². The predicted molar refractivity (Wildman–Crippen MR) is 106 cm³/mol. The summed E-state index contributed by atoms with van der Waals surface area (Å²) in [5.41, 5.74) is 8.44. The molecule has 27 heavy (non-hydrogen) atoms. The van der Waals surface area contributed by atoms with Gasteiger partial charge in [-0.15, -0.1) is 0 Å². The Bertz CT molecular complexity index is 874. The van der Waals surface area contributed by atoms with Gasteiger partial charge in [0, 0.05) is 24.7 Å². The molecule has 2 aromatic carbocycles. The highest BCUT2D eigenvalue weighted by Gasteiger charge is 2.27. The number of anilines is 1. The fourth-order valence-electron chi connectivity index (χ4n) is 2.70. The Morgan fingerprint density at radius 2 is 1.56 bits per heavy atom. The number of aryl methyl sites for hydroxylation is 1. The number of sulfonamides is 1. The number of benzene rings is 2. The highest BCUT2D eigenvalue weighted by atomic mass is 32.2. The van der Waals surface area contributed by atoms with Gasteiger partial charge in [-0.3, -0.25) is 4.79 Å². The molecular formula is C20H25N3O3S. The van der Waals surface area contributed by atoms with Crippen molar-refractivity contribution in [1.29, 1.82) is 0 Å². The van der Waals surface area contributed by atoms with E-state index in [1.54, 1.807) is 24.3 Å². The molecule has 0 radical (unpaired) electrons. The van der Waals surface area contributed by atoms with Gasteiger partial charge in [-0.25, -0.2) is 13.1 Å². The minimum atomic E-state index is -3.42. The number of carbonyl (C=O) groups excluding carboxylic acids is 1. The van der Waals surface area contributed by atoms with Crippen LogP contribution in [0.5, 0.6) is 0 Å². The van der Waals surface area contributed by atoms with Gasteiger partial charge < -0.3 is 11.1 Å². The summed E-state index contributed by atoms with van der Waals surface area (Å²) in [6.45, 7) is 0.576. The van der Waals surface area contributed by atoms with Crippen molar-refractivity contribution in [3.05, 3.63) is 59.7 Å². The number of carbonyl (C=O) groups is 1. The lowest BCUT2D eigenvalue weighted by molar-refractivity contribution is -0.121. The number of nitrogen functional groups attached to an aromatic ring is 1. The van der Waals surface area contributed by atoms with E-state index in [2.05, 4.69) is 10.0 Å². The van der Waals surface area contributed by atoms with Crippen molar-refractivity contribution in [1.82, 2.24) is 10.0 Å². The minimum Gasteiger partial charge on any atom is -0.399 e. The lowest BCUT2D eigenvalue weighted by Crippen LogP contribution is -2.26. The molecule has 1 saturated carbocycles. The zero-order chi connectivity index (χ0) is 19.3. The first-order valence-corrected chi connectivity index (χ1v) is 10.6. The summed E-state index contributed by atoms with van der Waals surface area (Å²) < 4.78 is 26.9. The highest BCUT2D eigenvalue weighted by Crippen LogP contribution is 2.22. The molecule has 1 amide bonds. The molecule has 0 heterocycles. The molecule has 0 aromatic heterocycles. The number of amides is 1. The van der Waals surface area contributed by atoms with Crippen LogP contribution in [0.2, 0.25) is 0 Å². The van der Waals surface area contributed by atoms with Gasteiger partial charge in [0.2, 0.25) is 15.9 Å². The minimum absolute atomic E-state index is 0.0162. The second-order valence-corrected chi connectivity index (χ2v) is 8.60. The summed E-state index contributed by atoms with van der Waals surface area (Å²) in [4.78, 5) is 12.2. The van der Waals surface area contributed by atoms with Crippen LogP contribution in [0, 0.1) is 0 Å². The Labute approximate surface area is 160 Å². The summed E-state index contributed by atoms with van der Waals surface area (Å²) in [7, 11) is -3.42. The Kier molecular flexibility index (Phi) is 6.13. The summed E-state index contributed by atoms with van der Waals surface area (Å²) in [5, 5.41) is 2.90. The summed E-state index contributed by atoms with van der Waals surface area (Å²) in [5.74, 6) is -0.0162. The maximum atomic E-state index is 12.1. The van der Waals surface area contributed by atoms with Gasteiger partial charge in [0.15, 0.2) is 0 Å². The van der Waals surface area contributed by atoms with Crippen molar-refractivity contribution in [3.63, 3.8) is 0 Å². The SMILES string of the molecule is Nc1ccc(CCNC(=O)CCc2ccc(S(=O)(=O)NC3CC3)cc2)cc1. The van der Waals surface area contributed by atoms with Crippen molar-refractivity contribution in [2.24, 2.45) is 0 Å². The average Bonchev–Trinajstić information content (AvgIpc) is 3.45. The molecule has 1 aliphatic carbocycles. The van der Waals surface area contributed by atoms with E-state index in [-0.39, 0.29) is 16.8 Å². The third kappa shape index (κ3) is 6.08. The number of rotatable bonds is 9. The Balaban J connectivity index is 1.41. The third-order valence-corrected chi connectivity index (χ3v) is 6.03. The highest BCUT2D eigenvalue weighted by molar-refractivity contribution is 7.89. The molecule has 2 aromatic rings. The van der Waals surface area contributed by atoms with Gasteiger partial charge in [0.05, 0.1) is 4.90 Å². The first-order chi connectivity index (χ1) is 12.9. The molecule has 1 aliphatic rings. The normalized spacial score (nSPS) is 14.1. The summed E-state index contributed by atoms with van der Waals surface area (Å²) >= 11 is 0. The fourth-order valence-corrected chi connectivity index (χ4v) is 4.01. The first-order valence-electron chi connectivity index (χ1n) is 9.15. The predicted octanol–water partition coefficient (Wildman–Crippen LogP) is 2.00. The van der Waals surface area contributed by atoms with Crippen LogP contribution >= 0.6 is 0 Å². The van der Waals surface area contributed by atoms with E-state index in [1.165, 1.54) is 0 Å². The fraction of sp³-hybridized carbons (Fsp3) is 0.350. The van der Waals surface area contributed by atoms with E-state index in [4.69, 9.17) is 5.73 Å². The molecule has 0 saturated heterocycles. The van der Waals surface area contributed by atoms with Crippen LogP contribution in [0.15, 0.2) is 53.4 Å². The van der Waals surface area contributed by atoms with E-state index in [1.807, 2.05) is 24.3 Å². The lowest BCUT2D eigenvalue weighted by atomic mass is 10.1. The number of hydrogen-bond donors (Lipinski definition) is 3. The van der Waals surface area contributed by atoms with Crippen molar-refractivity contribution in [2.45, 2.75) is 43.0 Å². The van der Waals surface area contributed by atoms with E-state index in [0.717, 1.165) is 36.1 Å². The van der Waals surface area contributed by atoms with E-state index < -0.39 is 10.0 Å². The van der Waals surface area contributed by atoms with Gasteiger partial charge in [0.25, 0.3) is 0 Å². The summed E-state index contributed by atoms with van der Waals surface area (Å²) in [6, 6.07) is 14.4. The van der Waals surface area contributed by atoms with Crippen LogP contribution in [-0.2, 0) is 27.7 Å². The monoisotopic (exact) mass is 387 g/mol. The van der Waals surface area contributed by atoms with Crippen LogP contribution < -0.4 is 15.8 Å². The summed E-state index contributed by atoms with van der Waals surface area (Å²) in [6.07, 6.45) is 3.51. The molecule has 7 heteroatoms. The van der Waals surface area contributed by atoms with Crippen LogP contribution in [0.25, 0.3) is 0 Å². The molecule has 3 rings (SSSR count). The van der Waals surface area contributed by atoms with Gasteiger partial charge in [0.1, 0.15) is 0 Å². The standard InChI is InChI=1S/C20H25N3O3S/c21-17-6-1-16(2-7-17)13-14-22-20(24)12-5-15-3-10-19(11-4-15)27(25,26)23-18-8-9-18/h1-4,6-7,10-11,18,23H,5,8-9,12-14,21H2,(H,22,24). The number of nitrogens with two attached hydrogens (primary N) is 1.